The van der Waals surface area contributed by atoms with Gasteiger partial charge in [-0.15, -0.1) is 0 Å². The second-order valence-electron chi connectivity index (χ2n) is 15.6. The second-order valence-corrected chi connectivity index (χ2v) is 15.6. The number of benzene rings is 9. The van der Waals surface area contributed by atoms with Gasteiger partial charge in [0.15, 0.2) is 17.5 Å². The molecule has 0 amide bonds. The molecule has 0 atom stereocenters. The molecule has 0 saturated heterocycles. The lowest BCUT2D eigenvalue weighted by molar-refractivity contribution is 0.669. The van der Waals surface area contributed by atoms with Gasteiger partial charge in [0.05, 0.1) is 16.7 Å². The highest BCUT2D eigenvalue weighted by Crippen LogP contribution is 2.43. The van der Waals surface area contributed by atoms with Crippen LogP contribution in [0.25, 0.3) is 117 Å². The molecule has 3 aromatic heterocycles. The average molecular weight is 793 g/mol. The van der Waals surface area contributed by atoms with Crippen LogP contribution in [0.15, 0.2) is 223 Å². The van der Waals surface area contributed by atoms with E-state index >= 15 is 0 Å². The number of para-hydroxylation sites is 2. The van der Waals surface area contributed by atoms with E-state index in [2.05, 4.69) is 162 Å². The zero-order valence-corrected chi connectivity index (χ0v) is 33.5. The van der Waals surface area contributed by atoms with E-state index in [1.165, 1.54) is 32.9 Å². The van der Waals surface area contributed by atoms with Crippen molar-refractivity contribution in [3.8, 4) is 73.2 Å². The molecular formula is C57H36N4O. The molecule has 12 rings (SSSR count). The molecule has 0 radical (unpaired) electrons. The Balaban J connectivity index is 0.974. The highest BCUT2D eigenvalue weighted by molar-refractivity contribution is 6.15. The Kier molecular flexibility index (Phi) is 8.42. The first-order chi connectivity index (χ1) is 30.7. The monoisotopic (exact) mass is 792 g/mol. The van der Waals surface area contributed by atoms with Gasteiger partial charge < -0.3 is 8.98 Å². The number of nitrogens with zero attached hydrogens (tertiary/aromatic N) is 4. The summed E-state index contributed by atoms with van der Waals surface area (Å²) in [5, 5.41) is 4.61. The van der Waals surface area contributed by atoms with Crippen molar-refractivity contribution in [2.75, 3.05) is 0 Å². The minimum atomic E-state index is 0.618. The fraction of sp³-hybridized carbons (Fsp3) is 0. The van der Waals surface area contributed by atoms with E-state index in [1.807, 2.05) is 60.7 Å². The first kappa shape index (κ1) is 35.5. The first-order valence-electron chi connectivity index (χ1n) is 20.8. The van der Waals surface area contributed by atoms with Gasteiger partial charge in [0, 0.05) is 43.8 Å². The van der Waals surface area contributed by atoms with Crippen molar-refractivity contribution in [1.29, 1.82) is 0 Å². The SMILES string of the molecule is c1ccc(-c2ccc3c4ccccc4n(-c4ccccc4-c4cccc5oc6cc(-c7cccc(-c8nc(-c9ccccc9)nc(-c9ccccc9)n8)c7)ccc6c45)c3c2)cc1. The molecule has 0 bridgehead atoms. The number of hydrogen-bond acceptors (Lipinski definition) is 4. The number of fused-ring (bicyclic) bond motifs is 6. The van der Waals surface area contributed by atoms with Crippen LogP contribution < -0.4 is 0 Å². The third-order valence-corrected chi connectivity index (χ3v) is 11.9. The summed E-state index contributed by atoms with van der Waals surface area (Å²) in [7, 11) is 0. The van der Waals surface area contributed by atoms with Crippen LogP contribution in [-0.4, -0.2) is 19.5 Å². The normalized spacial score (nSPS) is 11.5. The molecule has 0 unspecified atom stereocenters. The van der Waals surface area contributed by atoms with E-state index in [1.54, 1.807) is 0 Å². The predicted octanol–water partition coefficient (Wildman–Crippen LogP) is 14.9. The molecule has 0 saturated carbocycles. The van der Waals surface area contributed by atoms with Gasteiger partial charge in [-0.25, -0.2) is 15.0 Å². The summed E-state index contributed by atoms with van der Waals surface area (Å²) in [6.45, 7) is 0. The summed E-state index contributed by atoms with van der Waals surface area (Å²) in [6.07, 6.45) is 0. The third-order valence-electron chi connectivity index (χ3n) is 11.9. The molecule has 0 aliphatic rings. The maximum Gasteiger partial charge on any atom is 0.164 e. The highest BCUT2D eigenvalue weighted by Gasteiger charge is 2.20. The van der Waals surface area contributed by atoms with Gasteiger partial charge >= 0.3 is 0 Å². The van der Waals surface area contributed by atoms with Crippen LogP contribution in [0.5, 0.6) is 0 Å². The number of aromatic nitrogens is 4. The lowest BCUT2D eigenvalue weighted by Gasteiger charge is -2.15. The Morgan fingerprint density at radius 1 is 0.306 bits per heavy atom. The van der Waals surface area contributed by atoms with Gasteiger partial charge in [0.25, 0.3) is 0 Å². The first-order valence-corrected chi connectivity index (χ1v) is 20.8. The molecule has 12 aromatic rings. The van der Waals surface area contributed by atoms with Crippen molar-refractivity contribution in [2.45, 2.75) is 0 Å². The van der Waals surface area contributed by atoms with Crippen molar-refractivity contribution in [2.24, 2.45) is 0 Å². The quantitative estimate of drug-likeness (QED) is 0.161. The minimum Gasteiger partial charge on any atom is -0.456 e. The summed E-state index contributed by atoms with van der Waals surface area (Å²) >= 11 is 0. The van der Waals surface area contributed by atoms with Crippen molar-refractivity contribution in [3.63, 3.8) is 0 Å². The van der Waals surface area contributed by atoms with E-state index in [4.69, 9.17) is 19.4 Å². The summed E-state index contributed by atoms with van der Waals surface area (Å²) in [4.78, 5) is 14.9. The Morgan fingerprint density at radius 2 is 0.823 bits per heavy atom. The van der Waals surface area contributed by atoms with E-state index in [9.17, 15) is 0 Å². The topological polar surface area (TPSA) is 56.7 Å². The molecule has 5 nitrogen and oxygen atoms in total. The van der Waals surface area contributed by atoms with Gasteiger partial charge in [-0.2, -0.15) is 0 Å². The Morgan fingerprint density at radius 3 is 1.56 bits per heavy atom. The molecule has 0 fully saturated rings. The molecule has 9 aromatic carbocycles. The summed E-state index contributed by atoms with van der Waals surface area (Å²) in [6, 6.07) is 76.4. The Labute approximate surface area is 357 Å². The molecule has 5 heteroatoms. The van der Waals surface area contributed by atoms with Gasteiger partial charge in [-0.05, 0) is 70.3 Å². The lowest BCUT2D eigenvalue weighted by Crippen LogP contribution is -2.00. The third kappa shape index (κ3) is 6.06. The summed E-state index contributed by atoms with van der Waals surface area (Å²) < 4.78 is 9.14. The van der Waals surface area contributed by atoms with Crippen molar-refractivity contribution < 1.29 is 4.42 Å². The molecule has 0 spiro atoms. The van der Waals surface area contributed by atoms with Gasteiger partial charge in [0.1, 0.15) is 11.2 Å². The fourth-order valence-corrected chi connectivity index (χ4v) is 8.94. The standard InChI is InChI=1S/C57H36N4O/c1-4-16-37(17-5-1)41-30-32-46-44-24-10-12-27-49(44)61(51(46)35-41)50-28-13-11-25-45(50)47-26-15-29-52-54(47)48-33-31-42(36-53(48)62-52)40-22-14-23-43(34-40)57-59-55(38-18-6-2-7-19-38)58-56(60-57)39-20-8-3-9-21-39/h1-36H. The lowest BCUT2D eigenvalue weighted by atomic mass is 9.96. The molecule has 3 heterocycles. The van der Waals surface area contributed by atoms with Crippen LogP contribution in [0.3, 0.4) is 0 Å². The van der Waals surface area contributed by atoms with Crippen LogP contribution in [-0.2, 0) is 0 Å². The van der Waals surface area contributed by atoms with Crippen molar-refractivity contribution in [1.82, 2.24) is 19.5 Å². The van der Waals surface area contributed by atoms with Gasteiger partial charge in [0.2, 0.25) is 0 Å². The van der Waals surface area contributed by atoms with Crippen LogP contribution in [0.2, 0.25) is 0 Å². The molecule has 0 aliphatic carbocycles. The zero-order chi connectivity index (χ0) is 41.0. The van der Waals surface area contributed by atoms with Gasteiger partial charge in [-0.3, -0.25) is 0 Å². The van der Waals surface area contributed by atoms with Crippen LogP contribution in [0, 0.1) is 0 Å². The van der Waals surface area contributed by atoms with E-state index < -0.39 is 0 Å². The van der Waals surface area contributed by atoms with Crippen LogP contribution >= 0.6 is 0 Å². The highest BCUT2D eigenvalue weighted by atomic mass is 16.3. The maximum absolute atomic E-state index is 6.72. The maximum atomic E-state index is 6.72. The predicted molar refractivity (Wildman–Crippen MR) is 254 cm³/mol. The summed E-state index contributed by atoms with van der Waals surface area (Å²) in [5.74, 6) is 1.89. The summed E-state index contributed by atoms with van der Waals surface area (Å²) in [5.41, 5.74) is 14.6. The van der Waals surface area contributed by atoms with Crippen molar-refractivity contribution in [3.05, 3.63) is 218 Å². The molecule has 290 valence electrons. The molecule has 0 aliphatic heterocycles. The average Bonchev–Trinajstić information content (AvgIpc) is 3.90. The fourth-order valence-electron chi connectivity index (χ4n) is 8.94. The second kappa shape index (κ2) is 14.7. The Bertz CT molecular complexity index is 3570. The minimum absolute atomic E-state index is 0.618. The van der Waals surface area contributed by atoms with E-state index in [0.29, 0.717) is 17.5 Å². The number of rotatable bonds is 7. The number of furan rings is 1. The zero-order valence-electron chi connectivity index (χ0n) is 33.5. The molecule has 0 N–H and O–H groups in total. The molecular weight excluding hydrogens is 757 g/mol. The smallest absolute Gasteiger partial charge is 0.164 e. The van der Waals surface area contributed by atoms with Gasteiger partial charge in [-0.1, -0.05) is 176 Å². The number of hydrogen-bond donors (Lipinski definition) is 0. The largest absolute Gasteiger partial charge is 0.456 e. The van der Waals surface area contributed by atoms with Crippen molar-refractivity contribution >= 4 is 43.7 Å². The van der Waals surface area contributed by atoms with E-state index in [-0.39, 0.29) is 0 Å². The molecule has 62 heavy (non-hydrogen) atoms. The van der Waals surface area contributed by atoms with Crippen LogP contribution in [0.4, 0.5) is 0 Å². The van der Waals surface area contributed by atoms with E-state index in [0.717, 1.165) is 66.6 Å². The van der Waals surface area contributed by atoms with Crippen LogP contribution in [0.1, 0.15) is 0 Å². The Hall–Kier alpha value is -8.41.